The van der Waals surface area contributed by atoms with Crippen LogP contribution in [-0.2, 0) is 33.1 Å². The molecule has 33 valence electrons. The zero-order chi connectivity index (χ0) is 4.99. The van der Waals surface area contributed by atoms with Crippen molar-refractivity contribution in [2.75, 3.05) is 0 Å². The summed E-state index contributed by atoms with van der Waals surface area (Å²) in [7, 11) is 0. The van der Waals surface area contributed by atoms with Gasteiger partial charge < -0.3 is 0 Å². The number of hydrogen-bond acceptors (Lipinski definition) is 4. The summed E-state index contributed by atoms with van der Waals surface area (Å²) in [5, 5.41) is 8.05. The van der Waals surface area contributed by atoms with Crippen molar-refractivity contribution in [3.05, 3.63) is 10.1 Å². The summed E-state index contributed by atoms with van der Waals surface area (Å²) in [6.45, 7) is 0. The summed E-state index contributed by atoms with van der Waals surface area (Å²) in [4.78, 5) is 12.4. The van der Waals surface area contributed by atoms with Crippen LogP contribution in [0.25, 0.3) is 0 Å². The first-order chi connectivity index (χ1) is 2.77. The molecule has 0 radical (unpaired) electrons. The van der Waals surface area contributed by atoms with Gasteiger partial charge in [-0.3, -0.25) is 0 Å². The van der Waals surface area contributed by atoms with Crippen LogP contribution in [0.1, 0.15) is 0 Å². The van der Waals surface area contributed by atoms with E-state index in [4.69, 9.17) is 10.1 Å². The first-order valence-corrected chi connectivity index (χ1v) is 1.92. The minimum absolute atomic E-state index is 0.517. The molecule has 0 rings (SSSR count). The molecule has 0 amide bonds. The van der Waals surface area contributed by atoms with Gasteiger partial charge in [0.2, 0.25) is 0 Å². The fourth-order valence-corrected chi connectivity index (χ4v) is 0.180. The van der Waals surface area contributed by atoms with Crippen LogP contribution in [0, 0.1) is 10.1 Å². The second-order valence-electron chi connectivity index (χ2n) is 0.381. The van der Waals surface area contributed by atoms with Gasteiger partial charge in [0.25, 0.3) is 0 Å². The molecule has 0 bridgehead atoms. The van der Waals surface area contributed by atoms with Crippen molar-refractivity contribution >= 4 is 0 Å². The van der Waals surface area contributed by atoms with Gasteiger partial charge in [-0.2, -0.15) is 0 Å². The van der Waals surface area contributed by atoms with E-state index >= 15 is 0 Å². The Hall–Kier alpha value is 0.0431. The van der Waals surface area contributed by atoms with Crippen LogP contribution in [0.3, 0.4) is 0 Å². The summed E-state index contributed by atoms with van der Waals surface area (Å²) in [6, 6.07) is 0. The Kier molecular flexibility index (Phi) is 3.26. The monoisotopic (exact) mass is 168 g/mol. The fourth-order valence-electron chi connectivity index (χ4n) is 0.0304. The van der Waals surface area contributed by atoms with Crippen LogP contribution in [0.15, 0.2) is 0 Å². The Labute approximate surface area is 48.7 Å². The second-order valence-corrected chi connectivity index (χ2v) is 0.791. The molecule has 0 aliphatic heterocycles. The molecule has 0 saturated carbocycles. The van der Waals surface area contributed by atoms with Gasteiger partial charge in [-0.1, -0.05) is 0 Å². The molecule has 0 saturated heterocycles. The normalized spacial score (nSPS) is 7.17. The molecule has 0 aromatic rings. The zero-order valence-electron chi connectivity index (χ0n) is 2.58. The van der Waals surface area contributed by atoms with E-state index in [1.54, 1.807) is 0 Å². The topological polar surface area (TPSA) is 61.6 Å². The summed E-state index contributed by atoms with van der Waals surface area (Å²) in [5.74, 6) is 0. The van der Waals surface area contributed by atoms with Crippen LogP contribution in [0.4, 0.5) is 0 Å². The van der Waals surface area contributed by atoms with Gasteiger partial charge in [-0.15, -0.1) is 0 Å². The molecular weight excluding hydrogens is 169 g/mol. The third-order valence-electron chi connectivity index (χ3n) is 0.0981. The summed E-state index contributed by atoms with van der Waals surface area (Å²) < 4.78 is 3.69. The molecule has 5 nitrogen and oxygen atoms in total. The summed E-state index contributed by atoms with van der Waals surface area (Å²) >= 11 is 0.517. The predicted octanol–water partition coefficient (Wildman–Crippen LogP) is -0.412. The summed E-state index contributed by atoms with van der Waals surface area (Å²) in [5.41, 5.74) is 0. The van der Waals surface area contributed by atoms with Crippen molar-refractivity contribution in [2.24, 2.45) is 0 Å². The minimum atomic E-state index is -1.02. The first kappa shape index (κ1) is 6.04. The average molecular weight is 169 g/mol. The van der Waals surface area contributed by atoms with Gasteiger partial charge in [0.1, 0.15) is 0 Å². The zero-order valence-corrected chi connectivity index (χ0v) is 5.04. The molecule has 0 N–H and O–H groups in total. The van der Waals surface area contributed by atoms with E-state index in [1.807, 2.05) is 0 Å². The molecule has 0 aromatic carbocycles. The van der Waals surface area contributed by atoms with Gasteiger partial charge >= 0.3 is 48.3 Å². The Bertz CT molecular complexity index is 51.5. The molecule has 0 aliphatic carbocycles. The van der Waals surface area contributed by atoms with Crippen LogP contribution < -0.4 is 0 Å². The van der Waals surface area contributed by atoms with Crippen molar-refractivity contribution in [2.45, 2.75) is 0 Å². The van der Waals surface area contributed by atoms with Crippen LogP contribution in [0.2, 0.25) is 0 Å². The van der Waals surface area contributed by atoms with Gasteiger partial charge in [0.15, 0.2) is 0 Å². The molecule has 0 aliphatic rings. The van der Waals surface area contributed by atoms with E-state index in [-0.39, 0.29) is 0 Å². The Morgan fingerprint density at radius 3 is 2.33 bits per heavy atom. The van der Waals surface area contributed by atoms with Gasteiger partial charge in [-0.25, -0.2) is 0 Å². The van der Waals surface area contributed by atoms with Gasteiger partial charge in [0.05, 0.1) is 0 Å². The van der Waals surface area contributed by atoms with Crippen molar-refractivity contribution < 1.29 is 38.2 Å². The molecule has 0 heterocycles. The second kappa shape index (κ2) is 3.24. The Morgan fingerprint density at radius 1 is 1.83 bits per heavy atom. The third kappa shape index (κ3) is 4.04. The van der Waals surface area contributed by atoms with E-state index in [2.05, 4.69) is 7.95 Å². The van der Waals surface area contributed by atoms with Crippen molar-refractivity contribution in [1.29, 1.82) is 0 Å². The summed E-state index contributed by atoms with van der Waals surface area (Å²) in [6.07, 6.45) is 0. The third-order valence-corrected chi connectivity index (χ3v) is 0.281. The van der Waals surface area contributed by atoms with Gasteiger partial charge in [0, 0.05) is 0 Å². The van der Waals surface area contributed by atoms with E-state index in [0.29, 0.717) is 25.2 Å². The van der Waals surface area contributed by atoms with E-state index in [1.165, 1.54) is 0 Å². The maximum absolute atomic E-state index is 9.07. The Balaban J connectivity index is 2.83. The molecular formula is NO4Zr. The standard InChI is InChI=1S/HNO4.Zr/c2-1(3)5-4;/h4H;/q;+1/p-1. The molecule has 0 aromatic heterocycles. The molecule has 0 spiro atoms. The van der Waals surface area contributed by atoms with E-state index in [9.17, 15) is 0 Å². The predicted molar refractivity (Wildman–Crippen MR) is 9.16 cm³/mol. The van der Waals surface area contributed by atoms with E-state index < -0.39 is 5.09 Å². The fraction of sp³-hybridized carbons (Fsp3) is 0. The number of rotatable bonds is 2. The molecule has 0 fully saturated rings. The molecule has 0 atom stereocenters. The van der Waals surface area contributed by atoms with Crippen LogP contribution >= 0.6 is 0 Å². The van der Waals surface area contributed by atoms with Gasteiger partial charge in [-0.05, 0) is 0 Å². The van der Waals surface area contributed by atoms with Crippen LogP contribution in [0.5, 0.6) is 0 Å². The van der Waals surface area contributed by atoms with Crippen molar-refractivity contribution in [3.8, 4) is 0 Å². The average Bonchev–Trinajstić information content (AvgIpc) is 1.35. The molecule has 6 heavy (non-hydrogen) atoms. The van der Waals surface area contributed by atoms with E-state index in [0.717, 1.165) is 0 Å². The number of nitrogens with zero attached hydrogens (tertiary/aromatic N) is 1. The SMILES string of the molecule is O=[N+]([O-])O[O][Zr]. The van der Waals surface area contributed by atoms with Crippen molar-refractivity contribution in [1.82, 2.24) is 0 Å². The number of hydrogen-bond donors (Lipinski definition) is 0. The van der Waals surface area contributed by atoms with Crippen molar-refractivity contribution in [3.63, 3.8) is 0 Å². The Morgan fingerprint density at radius 2 is 2.33 bits per heavy atom. The maximum atomic E-state index is 9.07. The molecule has 0 unspecified atom stereocenters. The first-order valence-electron chi connectivity index (χ1n) is 0.919. The molecule has 6 heteroatoms. The van der Waals surface area contributed by atoms with Crippen LogP contribution in [-0.4, -0.2) is 5.09 Å². The quantitative estimate of drug-likeness (QED) is 0.320.